The van der Waals surface area contributed by atoms with Crippen molar-refractivity contribution in [3.63, 3.8) is 0 Å². The first kappa shape index (κ1) is 25.7. The number of carbonyl (C=O) groups is 1. The average Bonchev–Trinajstić information content (AvgIpc) is 3.26. The number of nitrogens with one attached hydrogen (secondary N) is 1. The van der Waals surface area contributed by atoms with Crippen LogP contribution in [0.1, 0.15) is 37.7 Å². The zero-order valence-electron chi connectivity index (χ0n) is 19.3. The molecule has 1 unspecified atom stereocenters. The number of Topliss-reactive ketones (excluding diaryl/α,β-unsaturated/α-hetero) is 1. The molecule has 3 N–H and O–H groups in total. The number of anilines is 1. The summed E-state index contributed by atoms with van der Waals surface area (Å²) in [5.74, 6) is 0.230. The molecule has 3 aromatic rings. The van der Waals surface area contributed by atoms with Crippen molar-refractivity contribution in [3.05, 3.63) is 51.5 Å². The molecule has 1 saturated carbocycles. The van der Waals surface area contributed by atoms with Gasteiger partial charge in [-0.15, -0.1) is 0 Å². The van der Waals surface area contributed by atoms with E-state index in [0.717, 1.165) is 31.2 Å². The molecule has 1 aliphatic carbocycles. The van der Waals surface area contributed by atoms with E-state index in [-0.39, 0.29) is 41.7 Å². The predicted molar refractivity (Wildman–Crippen MR) is 134 cm³/mol. The van der Waals surface area contributed by atoms with Crippen molar-refractivity contribution < 1.29 is 18.6 Å². The Kier molecular flexibility index (Phi) is 9.23. The maximum Gasteiger partial charge on any atom is 0.280 e. The lowest BCUT2D eigenvalue weighted by Crippen LogP contribution is -2.22. The second kappa shape index (κ2) is 12.6. The van der Waals surface area contributed by atoms with Crippen LogP contribution < -0.4 is 11.3 Å². The third-order valence-corrected chi connectivity index (χ3v) is 7.30. The van der Waals surface area contributed by atoms with Crippen LogP contribution in [0, 0.1) is 5.92 Å². The van der Waals surface area contributed by atoms with Gasteiger partial charge in [-0.3, -0.25) is 14.6 Å². The molecule has 0 spiro atoms. The van der Waals surface area contributed by atoms with Crippen LogP contribution in [0.25, 0.3) is 11.2 Å². The lowest BCUT2D eigenvalue weighted by molar-refractivity contribution is -0.125. The van der Waals surface area contributed by atoms with E-state index < -0.39 is 8.38 Å². The second-order valence-corrected chi connectivity index (χ2v) is 10.3. The van der Waals surface area contributed by atoms with Crippen LogP contribution in [-0.4, -0.2) is 44.9 Å². The fraction of sp³-hybridized carbons (Fsp3) is 0.478. The van der Waals surface area contributed by atoms with Gasteiger partial charge in [-0.25, -0.2) is 4.98 Å². The summed E-state index contributed by atoms with van der Waals surface area (Å²) in [6.45, 7) is 1.03. The lowest BCUT2D eigenvalue weighted by Gasteiger charge is -2.22. The van der Waals surface area contributed by atoms with Crippen molar-refractivity contribution >= 4 is 42.9 Å². The van der Waals surface area contributed by atoms with E-state index in [1.165, 1.54) is 12.7 Å². The van der Waals surface area contributed by atoms with Crippen molar-refractivity contribution in [3.8, 4) is 0 Å². The van der Waals surface area contributed by atoms with E-state index in [0.29, 0.717) is 30.4 Å². The molecule has 0 aliphatic heterocycles. The summed E-state index contributed by atoms with van der Waals surface area (Å²) in [7, 11) is -1.46. The van der Waals surface area contributed by atoms with E-state index in [4.69, 9.17) is 31.1 Å². The van der Waals surface area contributed by atoms with E-state index in [9.17, 15) is 9.59 Å². The number of imidazole rings is 1. The number of fused-ring (bicyclic) bond motifs is 1. The predicted octanol–water partition coefficient (Wildman–Crippen LogP) is 4.02. The van der Waals surface area contributed by atoms with Gasteiger partial charge in [0.25, 0.3) is 5.56 Å². The van der Waals surface area contributed by atoms with Gasteiger partial charge >= 0.3 is 0 Å². The molecular formula is C23H29ClN5O5P. The molecular weight excluding hydrogens is 493 g/mol. The van der Waals surface area contributed by atoms with Gasteiger partial charge in [-0.05, 0) is 30.5 Å². The Morgan fingerprint density at radius 1 is 1.26 bits per heavy atom. The monoisotopic (exact) mass is 521 g/mol. The highest BCUT2D eigenvalue weighted by molar-refractivity contribution is 7.47. The lowest BCUT2D eigenvalue weighted by atomic mass is 9.86. The van der Waals surface area contributed by atoms with Crippen LogP contribution in [0.5, 0.6) is 0 Å². The number of rotatable bonds is 12. The van der Waals surface area contributed by atoms with Gasteiger partial charge in [0.15, 0.2) is 25.3 Å². The fourth-order valence-corrected chi connectivity index (χ4v) is 5.28. The summed E-state index contributed by atoms with van der Waals surface area (Å²) in [6.07, 6.45) is 6.95. The maximum atomic E-state index is 12.6. The van der Waals surface area contributed by atoms with Gasteiger partial charge in [-0.1, -0.05) is 43.0 Å². The van der Waals surface area contributed by atoms with Gasteiger partial charge in [0.05, 0.1) is 19.5 Å². The third kappa shape index (κ3) is 7.32. The molecule has 0 radical (unpaired) electrons. The minimum Gasteiger partial charge on any atom is -0.370 e. The fourth-order valence-electron chi connectivity index (χ4n) is 4.00. The number of nitrogen functional groups attached to an aromatic ring is 1. The molecule has 35 heavy (non-hydrogen) atoms. The maximum absolute atomic E-state index is 12.6. The topological polar surface area (TPSA) is 134 Å². The highest BCUT2D eigenvalue weighted by atomic mass is 35.5. The smallest absolute Gasteiger partial charge is 0.280 e. The number of nitrogens with zero attached hydrogens (tertiary/aromatic N) is 3. The Labute approximate surface area is 209 Å². The summed E-state index contributed by atoms with van der Waals surface area (Å²) < 4.78 is 19.4. The first-order chi connectivity index (χ1) is 17.0. The number of benzene rings is 1. The summed E-state index contributed by atoms with van der Waals surface area (Å²) in [6, 6.07) is 7.40. The number of halogens is 1. The largest absolute Gasteiger partial charge is 0.370 e. The molecule has 1 aliphatic rings. The minimum atomic E-state index is -1.46. The number of ether oxygens (including phenoxy) is 1. The first-order valence-corrected chi connectivity index (χ1v) is 13.3. The molecule has 0 amide bonds. The van der Waals surface area contributed by atoms with Crippen LogP contribution in [0.3, 0.4) is 0 Å². The van der Waals surface area contributed by atoms with E-state index in [1.54, 1.807) is 10.6 Å². The Hall–Kier alpha value is -2.36. The molecule has 2 heterocycles. The zero-order valence-corrected chi connectivity index (χ0v) is 21.0. The molecule has 188 valence electrons. The van der Waals surface area contributed by atoms with Crippen LogP contribution in [0.15, 0.2) is 35.4 Å². The number of nitrogens with two attached hydrogens (primary N) is 1. The summed E-state index contributed by atoms with van der Waals surface area (Å²) in [4.78, 5) is 35.2. The number of carbonyl (C=O) groups excluding carboxylic acids is 1. The quantitative estimate of drug-likeness (QED) is 0.269. The first-order valence-electron chi connectivity index (χ1n) is 11.6. The molecule has 2 aromatic heterocycles. The van der Waals surface area contributed by atoms with Crippen molar-refractivity contribution in [2.24, 2.45) is 5.92 Å². The van der Waals surface area contributed by atoms with Crippen molar-refractivity contribution in [1.82, 2.24) is 19.5 Å². The number of aromatic nitrogens is 4. The van der Waals surface area contributed by atoms with Gasteiger partial charge in [0.2, 0.25) is 5.95 Å². The van der Waals surface area contributed by atoms with E-state index in [1.807, 2.05) is 18.2 Å². The number of aromatic amines is 1. The van der Waals surface area contributed by atoms with Crippen LogP contribution >= 0.6 is 20.0 Å². The van der Waals surface area contributed by atoms with Crippen molar-refractivity contribution in [2.45, 2.75) is 45.3 Å². The minimum absolute atomic E-state index is 0.0212. The normalized spacial score (nSPS) is 15.5. The van der Waals surface area contributed by atoms with Crippen LogP contribution in [0.4, 0.5) is 5.95 Å². The van der Waals surface area contributed by atoms with Gasteiger partial charge in [0.1, 0.15) is 13.0 Å². The Morgan fingerprint density at radius 2 is 2.09 bits per heavy atom. The van der Waals surface area contributed by atoms with Gasteiger partial charge in [-0.2, -0.15) is 4.98 Å². The number of hydrogen-bond donors (Lipinski definition) is 2. The van der Waals surface area contributed by atoms with E-state index >= 15 is 0 Å². The van der Waals surface area contributed by atoms with E-state index in [2.05, 4.69) is 15.0 Å². The Morgan fingerprint density at radius 3 is 2.89 bits per heavy atom. The standard InChI is InChI=1S/C23H29ClN5O5P/c24-18-8-4-5-16(11-18)12-33-35(34-13-19(30)17-6-2-1-3-7-17)15-32-10-9-29-14-26-20-21(29)27-23(25)28-22(20)31/h4-5,8,11,14,17H,1-3,6-7,9-10,12-13,15H2,(H3,25,27,28,31). The number of hydrogen-bond acceptors (Lipinski definition) is 8. The molecule has 0 saturated heterocycles. The molecule has 0 bridgehead atoms. The SMILES string of the molecule is Nc1nc2c(ncn2CCOCP(OCC(=O)C2CCCCC2)OCc2cccc(Cl)c2)c(=O)[nH]1. The molecule has 1 aromatic carbocycles. The van der Waals surface area contributed by atoms with Crippen molar-refractivity contribution in [1.29, 1.82) is 0 Å². The Bertz CT molecular complexity index is 1200. The molecule has 1 fully saturated rings. The third-order valence-electron chi connectivity index (χ3n) is 5.84. The summed E-state index contributed by atoms with van der Waals surface area (Å²) >= 11 is 6.07. The number of ketones is 1. The molecule has 1 atom stereocenters. The molecule has 4 rings (SSSR count). The highest BCUT2D eigenvalue weighted by Crippen LogP contribution is 2.40. The van der Waals surface area contributed by atoms with Gasteiger partial charge in [0, 0.05) is 17.5 Å². The summed E-state index contributed by atoms with van der Waals surface area (Å²) in [5, 5.41) is 0.626. The van der Waals surface area contributed by atoms with Crippen LogP contribution in [-0.2, 0) is 31.7 Å². The Balaban J connectivity index is 1.31. The number of H-pyrrole nitrogens is 1. The van der Waals surface area contributed by atoms with Crippen LogP contribution in [0.2, 0.25) is 5.02 Å². The molecule has 12 heteroatoms. The highest BCUT2D eigenvalue weighted by Gasteiger charge is 2.23. The van der Waals surface area contributed by atoms with Crippen molar-refractivity contribution in [2.75, 3.05) is 25.3 Å². The average molecular weight is 522 g/mol. The summed E-state index contributed by atoms with van der Waals surface area (Å²) in [5.41, 5.74) is 6.78. The second-order valence-electron chi connectivity index (χ2n) is 8.41. The zero-order chi connectivity index (χ0) is 24.6. The molecule has 10 nitrogen and oxygen atoms in total. The van der Waals surface area contributed by atoms with Gasteiger partial charge < -0.3 is 24.1 Å².